The van der Waals surface area contributed by atoms with Crippen molar-refractivity contribution in [2.24, 2.45) is 0 Å². The summed E-state index contributed by atoms with van der Waals surface area (Å²) in [5.74, 6) is -1.46. The molecule has 0 aliphatic rings. The Hall–Kier alpha value is -2.68. The van der Waals surface area contributed by atoms with Crippen molar-refractivity contribution in [3.8, 4) is 0 Å². The van der Waals surface area contributed by atoms with E-state index < -0.39 is 17.9 Å². The average molecular weight is 307 g/mol. The van der Waals surface area contributed by atoms with Crippen LogP contribution in [0.25, 0.3) is 0 Å². The van der Waals surface area contributed by atoms with Gasteiger partial charge in [0.25, 0.3) is 5.91 Å². The molecule has 1 unspecified atom stereocenters. The molecule has 0 bridgehead atoms. The zero-order valence-electron chi connectivity index (χ0n) is 12.3. The number of nitrogens with zero attached hydrogens (tertiary/aromatic N) is 4. The molecule has 2 rings (SSSR count). The second-order valence-electron chi connectivity index (χ2n) is 4.54. The third-order valence-electron chi connectivity index (χ3n) is 2.91. The van der Waals surface area contributed by atoms with E-state index in [9.17, 15) is 9.59 Å². The summed E-state index contributed by atoms with van der Waals surface area (Å²) >= 11 is 0. The van der Waals surface area contributed by atoms with Gasteiger partial charge in [-0.1, -0.05) is 0 Å². The fourth-order valence-corrected chi connectivity index (χ4v) is 1.67. The number of aromatic nitrogens is 4. The van der Waals surface area contributed by atoms with E-state index in [1.54, 1.807) is 10.9 Å². The van der Waals surface area contributed by atoms with Gasteiger partial charge >= 0.3 is 5.97 Å². The molecule has 2 aromatic heterocycles. The normalized spacial score (nSPS) is 12.1. The van der Waals surface area contributed by atoms with Crippen molar-refractivity contribution in [2.45, 2.75) is 26.6 Å². The Kier molecular flexibility index (Phi) is 4.89. The van der Waals surface area contributed by atoms with Gasteiger partial charge in [0, 0.05) is 12.8 Å². The first-order valence-electron chi connectivity index (χ1n) is 6.70. The summed E-state index contributed by atoms with van der Waals surface area (Å²) in [6.45, 7) is 4.23. The molecule has 2 heterocycles. The van der Waals surface area contributed by atoms with E-state index in [1.165, 1.54) is 30.1 Å². The van der Waals surface area contributed by atoms with Crippen LogP contribution in [0.5, 0.6) is 0 Å². The molecular formula is C13H17N5O4. The maximum Gasteiger partial charge on any atom is 0.328 e. The van der Waals surface area contributed by atoms with E-state index in [-0.39, 0.29) is 5.69 Å². The summed E-state index contributed by atoms with van der Waals surface area (Å²) in [6.07, 6.45) is 4.57. The highest BCUT2D eigenvalue weighted by molar-refractivity contribution is 6.02. The molecule has 1 amide bonds. The molecule has 0 aromatic carbocycles. The summed E-state index contributed by atoms with van der Waals surface area (Å²) in [5.41, 5.74) is 0.635. The number of aliphatic carboxylic acids is 1. The zero-order chi connectivity index (χ0) is 16.1. The number of amides is 1. The highest BCUT2D eigenvalue weighted by Gasteiger charge is 2.17. The van der Waals surface area contributed by atoms with Gasteiger partial charge in [0.15, 0.2) is 5.69 Å². The smallest absolute Gasteiger partial charge is 0.328 e. The lowest BCUT2D eigenvalue weighted by atomic mass is 10.3. The number of carbonyl (C=O) groups is 2. The molecule has 2 N–H and O–H groups in total. The lowest BCUT2D eigenvalue weighted by Gasteiger charge is -2.05. The lowest BCUT2D eigenvalue weighted by Crippen LogP contribution is -2.18. The number of hydrogen-bond donors (Lipinski definition) is 2. The number of nitrogens with one attached hydrogen (secondary N) is 1. The van der Waals surface area contributed by atoms with Crippen LogP contribution in [0.15, 0.2) is 24.7 Å². The molecule has 9 heteroatoms. The first kappa shape index (κ1) is 15.7. The number of carboxylic acids is 1. The molecular weight excluding hydrogens is 290 g/mol. The number of carboxylic acid groups (broad SMARTS) is 1. The predicted molar refractivity (Wildman–Crippen MR) is 76.4 cm³/mol. The molecule has 0 radical (unpaired) electrons. The molecule has 22 heavy (non-hydrogen) atoms. The molecule has 1 atom stereocenters. The molecule has 118 valence electrons. The van der Waals surface area contributed by atoms with Gasteiger partial charge in [-0.3, -0.25) is 9.48 Å². The Morgan fingerprint density at radius 3 is 2.95 bits per heavy atom. The minimum Gasteiger partial charge on any atom is -0.480 e. The van der Waals surface area contributed by atoms with Crippen LogP contribution in [-0.2, 0) is 16.3 Å². The van der Waals surface area contributed by atoms with Gasteiger partial charge in [-0.05, 0) is 19.9 Å². The summed E-state index contributed by atoms with van der Waals surface area (Å²) in [4.78, 5) is 22.9. The van der Waals surface area contributed by atoms with Crippen molar-refractivity contribution in [1.82, 2.24) is 19.6 Å². The molecule has 0 aliphatic heterocycles. The summed E-state index contributed by atoms with van der Waals surface area (Å²) in [6, 6.07) is 0.620. The van der Waals surface area contributed by atoms with E-state index in [4.69, 9.17) is 9.84 Å². The molecule has 0 saturated carbocycles. The zero-order valence-corrected chi connectivity index (χ0v) is 12.3. The summed E-state index contributed by atoms with van der Waals surface area (Å²) < 4.78 is 7.95. The van der Waals surface area contributed by atoms with E-state index >= 15 is 0 Å². The topological polar surface area (TPSA) is 111 Å². The largest absolute Gasteiger partial charge is 0.480 e. The Labute approximate surface area is 126 Å². The van der Waals surface area contributed by atoms with Crippen molar-refractivity contribution in [1.29, 1.82) is 0 Å². The van der Waals surface area contributed by atoms with Gasteiger partial charge in [0.1, 0.15) is 12.8 Å². The van der Waals surface area contributed by atoms with Gasteiger partial charge in [0.05, 0.1) is 18.1 Å². The lowest BCUT2D eigenvalue weighted by molar-refractivity contribution is -0.140. The SMILES string of the molecule is CCOCn1cc(NC(=O)c2ccn(C(C)C(=O)O)n2)cn1. The van der Waals surface area contributed by atoms with Gasteiger partial charge in [-0.2, -0.15) is 10.2 Å². The summed E-state index contributed by atoms with van der Waals surface area (Å²) in [5, 5.41) is 19.5. The van der Waals surface area contributed by atoms with Crippen molar-refractivity contribution in [3.63, 3.8) is 0 Å². The van der Waals surface area contributed by atoms with Crippen LogP contribution < -0.4 is 5.32 Å². The van der Waals surface area contributed by atoms with Gasteiger partial charge in [-0.25, -0.2) is 9.48 Å². The van der Waals surface area contributed by atoms with E-state index in [0.717, 1.165) is 0 Å². The average Bonchev–Trinajstić information content (AvgIpc) is 3.13. The van der Waals surface area contributed by atoms with Crippen LogP contribution in [-0.4, -0.2) is 43.2 Å². The Morgan fingerprint density at radius 1 is 1.50 bits per heavy atom. The maximum atomic E-state index is 12.0. The predicted octanol–water partition coefficient (Wildman–Crippen LogP) is 0.971. The third kappa shape index (κ3) is 3.70. The van der Waals surface area contributed by atoms with Gasteiger partial charge in [0.2, 0.25) is 0 Å². The quantitative estimate of drug-likeness (QED) is 0.788. The third-order valence-corrected chi connectivity index (χ3v) is 2.91. The first-order valence-corrected chi connectivity index (χ1v) is 6.70. The van der Waals surface area contributed by atoms with Crippen LogP contribution in [0.3, 0.4) is 0 Å². The number of anilines is 1. The Bertz CT molecular complexity index is 663. The summed E-state index contributed by atoms with van der Waals surface area (Å²) in [7, 11) is 0. The van der Waals surface area contributed by atoms with E-state index in [1.807, 2.05) is 6.92 Å². The van der Waals surface area contributed by atoms with Gasteiger partial charge < -0.3 is 15.2 Å². The highest BCUT2D eigenvalue weighted by Crippen LogP contribution is 2.10. The maximum absolute atomic E-state index is 12.0. The Morgan fingerprint density at radius 2 is 2.27 bits per heavy atom. The Balaban J connectivity index is 2.00. The van der Waals surface area contributed by atoms with Crippen LogP contribution in [0.2, 0.25) is 0 Å². The number of rotatable bonds is 7. The molecule has 0 saturated heterocycles. The molecule has 0 aliphatic carbocycles. The van der Waals surface area contributed by atoms with Crippen molar-refractivity contribution < 1.29 is 19.4 Å². The van der Waals surface area contributed by atoms with Gasteiger partial charge in [-0.15, -0.1) is 0 Å². The molecule has 9 nitrogen and oxygen atoms in total. The molecule has 2 aromatic rings. The van der Waals surface area contributed by atoms with E-state index in [2.05, 4.69) is 15.5 Å². The van der Waals surface area contributed by atoms with E-state index in [0.29, 0.717) is 19.0 Å². The minimum absolute atomic E-state index is 0.130. The highest BCUT2D eigenvalue weighted by atomic mass is 16.5. The fourth-order valence-electron chi connectivity index (χ4n) is 1.67. The van der Waals surface area contributed by atoms with Crippen molar-refractivity contribution in [2.75, 3.05) is 11.9 Å². The molecule has 0 fully saturated rings. The van der Waals surface area contributed by atoms with Crippen LogP contribution >= 0.6 is 0 Å². The van der Waals surface area contributed by atoms with Crippen LogP contribution in [0, 0.1) is 0 Å². The van der Waals surface area contributed by atoms with Crippen LogP contribution in [0.1, 0.15) is 30.4 Å². The first-order chi connectivity index (χ1) is 10.5. The number of carbonyl (C=O) groups excluding carboxylic acids is 1. The number of hydrogen-bond acceptors (Lipinski definition) is 5. The minimum atomic E-state index is -1.02. The second-order valence-corrected chi connectivity index (χ2v) is 4.54. The standard InChI is InChI=1S/C13H17N5O4/c1-3-22-8-17-7-10(6-14-17)15-12(19)11-4-5-18(16-11)9(2)13(20)21/h4-7,9H,3,8H2,1-2H3,(H,15,19)(H,20,21). The van der Waals surface area contributed by atoms with Crippen LogP contribution in [0.4, 0.5) is 5.69 Å². The fraction of sp³-hybridized carbons (Fsp3) is 0.385. The van der Waals surface area contributed by atoms with Crippen molar-refractivity contribution >= 4 is 17.6 Å². The monoisotopic (exact) mass is 307 g/mol. The van der Waals surface area contributed by atoms with Crippen molar-refractivity contribution in [3.05, 3.63) is 30.4 Å². The molecule has 0 spiro atoms. The number of ether oxygens (including phenoxy) is 1. The second kappa shape index (κ2) is 6.85.